The van der Waals surface area contributed by atoms with Crippen molar-refractivity contribution >= 4 is 27.7 Å². The third-order valence-corrected chi connectivity index (χ3v) is 9.95. The second-order valence-corrected chi connectivity index (χ2v) is 13.5. The van der Waals surface area contributed by atoms with Crippen molar-refractivity contribution < 1.29 is 30.2 Å². The lowest BCUT2D eigenvalue weighted by molar-refractivity contribution is 0.143. The first-order valence-electron chi connectivity index (χ1n) is 13.6. The van der Waals surface area contributed by atoms with Crippen LogP contribution in [0.1, 0.15) is 84.8 Å². The zero-order valence-corrected chi connectivity index (χ0v) is 24.6. The average molecular weight is 629 g/mol. The van der Waals surface area contributed by atoms with Crippen molar-refractivity contribution in [2.45, 2.75) is 70.0 Å². The first-order chi connectivity index (χ1) is 20.0. The smallest absolute Gasteiger partial charge is 0.311 e. The molecule has 5 rings (SSSR count). The first kappa shape index (κ1) is 30.4. The summed E-state index contributed by atoms with van der Waals surface area (Å²) in [6.07, 6.45) is -1.58. The van der Waals surface area contributed by atoms with Crippen LogP contribution in [-0.4, -0.2) is 46.4 Å². The Kier molecular flexibility index (Phi) is 9.20. The number of piperidine rings is 1. The van der Waals surface area contributed by atoms with Crippen LogP contribution in [0.3, 0.4) is 0 Å². The van der Waals surface area contributed by atoms with Crippen LogP contribution in [0.15, 0.2) is 35.8 Å². The first-order valence-corrected chi connectivity index (χ1v) is 15.9. The zero-order valence-electron chi connectivity index (χ0n) is 23.0. The molecule has 0 amide bonds. The summed E-state index contributed by atoms with van der Waals surface area (Å²) in [7, 11) is -3.73. The molecule has 4 heterocycles. The van der Waals surface area contributed by atoms with Crippen LogP contribution in [0.25, 0.3) is 6.20 Å². The molecule has 1 unspecified atom stereocenters. The SMILES string of the molecule is CC(C)S(=O)(=O)Oc1cccc2c1CNC(c1csc(C3CCN(C=Cn4nc(C(F)F)cc4C(F)F)CC3)n1)NC2. The van der Waals surface area contributed by atoms with Crippen molar-refractivity contribution in [3.63, 3.8) is 0 Å². The van der Waals surface area contributed by atoms with Gasteiger partial charge in [-0.2, -0.15) is 13.5 Å². The van der Waals surface area contributed by atoms with Gasteiger partial charge in [0.2, 0.25) is 0 Å². The highest BCUT2D eigenvalue weighted by Crippen LogP contribution is 2.33. The van der Waals surface area contributed by atoms with Gasteiger partial charge in [0, 0.05) is 55.4 Å². The third-order valence-electron chi connectivity index (χ3n) is 7.36. The van der Waals surface area contributed by atoms with E-state index in [-0.39, 0.29) is 12.1 Å². The Morgan fingerprint density at radius 3 is 2.50 bits per heavy atom. The average Bonchev–Trinajstić information content (AvgIpc) is 3.56. The number of halogens is 4. The molecular formula is C27H32F4N6O3S2. The maximum Gasteiger partial charge on any atom is 0.311 e. The molecule has 228 valence electrons. The molecule has 1 fully saturated rings. The molecule has 2 N–H and O–H groups in total. The summed E-state index contributed by atoms with van der Waals surface area (Å²) >= 11 is 1.58. The molecule has 0 saturated carbocycles. The number of nitrogens with zero attached hydrogens (tertiary/aromatic N) is 4. The van der Waals surface area contributed by atoms with E-state index in [1.807, 2.05) is 16.3 Å². The molecule has 15 heteroatoms. The molecule has 2 aliphatic heterocycles. The van der Waals surface area contributed by atoms with Crippen LogP contribution in [-0.2, 0) is 23.2 Å². The minimum Gasteiger partial charge on any atom is -0.382 e. The summed E-state index contributed by atoms with van der Waals surface area (Å²) in [4.78, 5) is 6.85. The molecule has 1 atom stereocenters. The van der Waals surface area contributed by atoms with Gasteiger partial charge >= 0.3 is 10.1 Å². The summed E-state index contributed by atoms with van der Waals surface area (Å²) in [6, 6.07) is 6.11. The Bertz CT molecular complexity index is 1520. The van der Waals surface area contributed by atoms with Crippen molar-refractivity contribution in [3.8, 4) is 5.75 Å². The molecule has 0 bridgehead atoms. The van der Waals surface area contributed by atoms with Gasteiger partial charge in [-0.05, 0) is 44.4 Å². The standard InChI is InChI=1S/C27H32F4N6O3S2/c1-16(2)42(38,39)40-23-5-3-4-18-13-32-26(33-14-19(18)23)21-15-41-27(34-21)17-6-8-36(9-7-17)10-11-37-22(25(30)31)12-20(35-37)24(28)29/h3-5,10-12,15-17,24-26,32-33H,6-9,13-14H2,1-2H3. The molecule has 0 aliphatic carbocycles. The lowest BCUT2D eigenvalue weighted by Gasteiger charge is -2.30. The Morgan fingerprint density at radius 2 is 1.81 bits per heavy atom. The van der Waals surface area contributed by atoms with Crippen LogP contribution in [0.2, 0.25) is 0 Å². The quantitative estimate of drug-likeness (QED) is 0.236. The molecule has 9 nitrogen and oxygen atoms in total. The van der Waals surface area contributed by atoms with E-state index in [9.17, 15) is 26.0 Å². The topological polar surface area (TPSA) is 101 Å². The number of rotatable bonds is 9. The van der Waals surface area contributed by atoms with E-state index in [0.717, 1.165) is 45.4 Å². The zero-order chi connectivity index (χ0) is 30.0. The van der Waals surface area contributed by atoms with E-state index in [4.69, 9.17) is 9.17 Å². The lowest BCUT2D eigenvalue weighted by Crippen LogP contribution is -2.31. The number of hydrogen-bond acceptors (Lipinski definition) is 9. The highest BCUT2D eigenvalue weighted by Gasteiger charge is 2.27. The predicted molar refractivity (Wildman–Crippen MR) is 151 cm³/mol. The van der Waals surface area contributed by atoms with Gasteiger partial charge in [-0.25, -0.2) is 27.2 Å². The van der Waals surface area contributed by atoms with E-state index in [2.05, 4.69) is 15.7 Å². The number of hydrogen-bond donors (Lipinski definition) is 2. The number of fused-ring (bicyclic) bond motifs is 1. The fourth-order valence-corrected chi connectivity index (χ4v) is 6.48. The maximum atomic E-state index is 13.2. The second kappa shape index (κ2) is 12.7. The van der Waals surface area contributed by atoms with Gasteiger partial charge in [-0.3, -0.25) is 10.6 Å². The number of likely N-dealkylation sites (tertiary alicyclic amines) is 1. The fraction of sp³-hybridized carbons (Fsp3) is 0.481. The van der Waals surface area contributed by atoms with Gasteiger partial charge < -0.3 is 9.08 Å². The number of alkyl halides is 4. The van der Waals surface area contributed by atoms with Crippen molar-refractivity contribution in [1.29, 1.82) is 0 Å². The summed E-state index contributed by atoms with van der Waals surface area (Å²) in [5, 5.41) is 12.8. The monoisotopic (exact) mass is 628 g/mol. The van der Waals surface area contributed by atoms with Crippen LogP contribution in [0.5, 0.6) is 5.75 Å². The van der Waals surface area contributed by atoms with Crippen molar-refractivity contribution in [2.75, 3.05) is 13.1 Å². The van der Waals surface area contributed by atoms with Gasteiger partial charge in [0.05, 0.1) is 16.0 Å². The highest BCUT2D eigenvalue weighted by molar-refractivity contribution is 7.87. The molecule has 2 aromatic heterocycles. The normalized spacial score (nSPS) is 18.8. The number of benzene rings is 1. The number of thiazole rings is 1. The van der Waals surface area contributed by atoms with Crippen molar-refractivity contribution in [2.24, 2.45) is 0 Å². The molecule has 3 aromatic rings. The van der Waals surface area contributed by atoms with Crippen LogP contribution >= 0.6 is 11.3 Å². The van der Waals surface area contributed by atoms with E-state index in [0.29, 0.717) is 31.9 Å². The van der Waals surface area contributed by atoms with Gasteiger partial charge in [0.15, 0.2) is 0 Å². The van der Waals surface area contributed by atoms with Gasteiger partial charge in [0.1, 0.15) is 23.3 Å². The van der Waals surface area contributed by atoms with E-state index in [1.54, 1.807) is 43.5 Å². The summed E-state index contributed by atoms with van der Waals surface area (Å²) in [5.74, 6) is 0.549. The van der Waals surface area contributed by atoms with Crippen LogP contribution in [0, 0.1) is 0 Å². The fourth-order valence-electron chi connectivity index (χ4n) is 4.87. The maximum absolute atomic E-state index is 13.2. The Labute approximate surface area is 245 Å². The molecule has 2 aliphatic rings. The van der Waals surface area contributed by atoms with Gasteiger partial charge in [0.25, 0.3) is 12.9 Å². The summed E-state index contributed by atoms with van der Waals surface area (Å²) < 4.78 is 83.3. The van der Waals surface area contributed by atoms with Crippen molar-refractivity contribution in [3.05, 3.63) is 69.1 Å². The van der Waals surface area contributed by atoms with E-state index >= 15 is 0 Å². The Hall–Kier alpha value is -3.01. The van der Waals surface area contributed by atoms with E-state index < -0.39 is 39.6 Å². The molecule has 1 saturated heterocycles. The van der Waals surface area contributed by atoms with Gasteiger partial charge in [-0.15, -0.1) is 11.3 Å². The van der Waals surface area contributed by atoms with E-state index in [1.165, 1.54) is 6.20 Å². The Morgan fingerprint density at radius 1 is 1.07 bits per heavy atom. The molecule has 42 heavy (non-hydrogen) atoms. The molecule has 1 aromatic carbocycles. The molecule has 0 radical (unpaired) electrons. The predicted octanol–water partition coefficient (Wildman–Crippen LogP) is 5.53. The van der Waals surface area contributed by atoms with Crippen LogP contribution < -0.4 is 14.8 Å². The lowest BCUT2D eigenvalue weighted by atomic mass is 9.98. The molecule has 0 spiro atoms. The Balaban J connectivity index is 1.19. The number of aromatic nitrogens is 3. The summed E-state index contributed by atoms with van der Waals surface area (Å²) in [6.45, 7) is 5.36. The van der Waals surface area contributed by atoms with Crippen LogP contribution in [0.4, 0.5) is 17.6 Å². The highest BCUT2D eigenvalue weighted by atomic mass is 32.2. The minimum absolute atomic E-state index is 0.226. The molecular weight excluding hydrogens is 596 g/mol. The number of nitrogens with one attached hydrogen (secondary N) is 2. The minimum atomic E-state index is -3.73. The third kappa shape index (κ3) is 6.79. The van der Waals surface area contributed by atoms with Crippen molar-refractivity contribution in [1.82, 2.24) is 30.3 Å². The summed E-state index contributed by atoms with van der Waals surface area (Å²) in [5.41, 5.74) is 1.32. The second-order valence-electron chi connectivity index (χ2n) is 10.5. The largest absolute Gasteiger partial charge is 0.382 e. The van der Waals surface area contributed by atoms with Gasteiger partial charge in [-0.1, -0.05) is 12.1 Å².